The molecule has 0 N–H and O–H groups in total. The quantitative estimate of drug-likeness (QED) is 0.754. The number of sulfonamides is 1. The van der Waals surface area contributed by atoms with Gasteiger partial charge in [-0.2, -0.15) is 17.5 Å². The first kappa shape index (κ1) is 20.6. The zero-order valence-corrected chi connectivity index (χ0v) is 16.1. The number of rotatable bonds is 4. The van der Waals surface area contributed by atoms with Crippen molar-refractivity contribution in [2.24, 2.45) is 5.92 Å². The smallest absolute Gasteiger partial charge is 0.379 e. The van der Waals surface area contributed by atoms with E-state index in [0.717, 1.165) is 37.8 Å². The van der Waals surface area contributed by atoms with E-state index in [9.17, 15) is 21.6 Å². The third kappa shape index (κ3) is 5.45. The maximum atomic E-state index is 13.0. The summed E-state index contributed by atoms with van der Waals surface area (Å²) in [6.45, 7) is 0.379. The van der Waals surface area contributed by atoms with Crippen LogP contribution in [0, 0.1) is 5.92 Å². The molecule has 1 heterocycles. The highest BCUT2D eigenvalue weighted by Gasteiger charge is 2.35. The lowest BCUT2D eigenvalue weighted by molar-refractivity contribution is -0.137. The first-order chi connectivity index (χ1) is 12.8. The van der Waals surface area contributed by atoms with Crippen LogP contribution in [0.25, 0.3) is 0 Å². The molecular weight excluding hydrogens is 379 g/mol. The maximum absolute atomic E-state index is 13.0. The first-order valence-electron chi connectivity index (χ1n) is 9.49. The van der Waals surface area contributed by atoms with Gasteiger partial charge in [0.05, 0.1) is 24.5 Å². The molecule has 1 aromatic rings. The Hall–Kier alpha value is -1.12. The second-order valence-electron chi connectivity index (χ2n) is 7.53. The number of halogens is 3. The van der Waals surface area contributed by atoms with Gasteiger partial charge >= 0.3 is 6.18 Å². The Morgan fingerprint density at radius 3 is 2.59 bits per heavy atom. The molecule has 0 unspecified atom stereocenters. The number of ether oxygens (including phenoxy) is 1. The van der Waals surface area contributed by atoms with Crippen molar-refractivity contribution in [1.29, 1.82) is 0 Å². The van der Waals surface area contributed by atoms with Gasteiger partial charge in [0.15, 0.2) is 0 Å². The van der Waals surface area contributed by atoms with Crippen molar-refractivity contribution in [3.05, 3.63) is 35.4 Å². The van der Waals surface area contributed by atoms with Gasteiger partial charge in [-0.3, -0.25) is 0 Å². The van der Waals surface area contributed by atoms with E-state index < -0.39 is 21.8 Å². The van der Waals surface area contributed by atoms with Crippen LogP contribution in [-0.4, -0.2) is 37.7 Å². The van der Waals surface area contributed by atoms with E-state index in [-0.39, 0.29) is 24.9 Å². The molecule has 152 valence electrons. The van der Waals surface area contributed by atoms with Crippen molar-refractivity contribution >= 4 is 10.0 Å². The molecule has 0 spiro atoms. The molecule has 4 nitrogen and oxygen atoms in total. The molecule has 27 heavy (non-hydrogen) atoms. The fourth-order valence-electron chi connectivity index (χ4n) is 4.06. The molecule has 0 aromatic heterocycles. The Labute approximate surface area is 158 Å². The van der Waals surface area contributed by atoms with Crippen LogP contribution in [0.15, 0.2) is 24.3 Å². The van der Waals surface area contributed by atoms with E-state index in [1.807, 2.05) is 0 Å². The third-order valence-corrected chi connectivity index (χ3v) is 7.31. The van der Waals surface area contributed by atoms with Crippen LogP contribution in [0.4, 0.5) is 13.2 Å². The van der Waals surface area contributed by atoms with Gasteiger partial charge in [-0.25, -0.2) is 8.42 Å². The summed E-state index contributed by atoms with van der Waals surface area (Å²) < 4.78 is 71.4. The predicted octanol–water partition coefficient (Wildman–Crippen LogP) is 4.21. The summed E-state index contributed by atoms with van der Waals surface area (Å²) in [5.74, 6) is 0.317. The van der Waals surface area contributed by atoms with E-state index in [2.05, 4.69) is 0 Å². The molecule has 8 heteroatoms. The highest BCUT2D eigenvalue weighted by Crippen LogP contribution is 2.32. The fraction of sp³-hybridized carbons (Fsp3) is 0.684. The lowest BCUT2D eigenvalue weighted by Gasteiger charge is -2.32. The van der Waals surface area contributed by atoms with Gasteiger partial charge < -0.3 is 4.74 Å². The topological polar surface area (TPSA) is 46.6 Å². The maximum Gasteiger partial charge on any atom is 0.416 e. The van der Waals surface area contributed by atoms with Crippen molar-refractivity contribution in [3.63, 3.8) is 0 Å². The number of benzene rings is 1. The van der Waals surface area contributed by atoms with Crippen molar-refractivity contribution in [2.75, 3.05) is 19.0 Å². The second-order valence-corrected chi connectivity index (χ2v) is 9.57. The molecule has 1 aliphatic carbocycles. The van der Waals surface area contributed by atoms with Crippen molar-refractivity contribution in [2.45, 2.75) is 57.3 Å². The fourth-order valence-corrected chi connectivity index (χ4v) is 5.57. The van der Waals surface area contributed by atoms with Gasteiger partial charge in [0.1, 0.15) is 0 Å². The van der Waals surface area contributed by atoms with Gasteiger partial charge in [0, 0.05) is 12.6 Å². The Bertz CT molecular complexity index is 730. The molecule has 1 saturated heterocycles. The molecule has 1 atom stereocenters. The van der Waals surface area contributed by atoms with Crippen LogP contribution in [0.2, 0.25) is 0 Å². The first-order valence-corrected chi connectivity index (χ1v) is 11.1. The van der Waals surface area contributed by atoms with Gasteiger partial charge in [-0.1, -0.05) is 50.3 Å². The second kappa shape index (κ2) is 8.49. The summed E-state index contributed by atoms with van der Waals surface area (Å²) in [5.41, 5.74) is -0.406. The summed E-state index contributed by atoms with van der Waals surface area (Å²) in [4.78, 5) is 0. The average Bonchev–Trinajstić information content (AvgIpc) is 2.75. The minimum Gasteiger partial charge on any atom is -0.379 e. The Kier molecular flexibility index (Phi) is 6.48. The van der Waals surface area contributed by atoms with Gasteiger partial charge in [0.2, 0.25) is 10.0 Å². The van der Waals surface area contributed by atoms with Gasteiger partial charge in [-0.05, 0) is 24.0 Å². The summed E-state index contributed by atoms with van der Waals surface area (Å²) in [7, 11) is -3.58. The van der Waals surface area contributed by atoms with Crippen LogP contribution in [-0.2, 0) is 27.5 Å². The summed E-state index contributed by atoms with van der Waals surface area (Å²) in [5, 5.41) is 0. The summed E-state index contributed by atoms with van der Waals surface area (Å²) in [6, 6.07) is 4.60. The highest BCUT2D eigenvalue weighted by molar-refractivity contribution is 7.89. The highest BCUT2D eigenvalue weighted by atomic mass is 32.2. The Balaban J connectivity index is 1.82. The molecule has 1 aromatic carbocycles. The van der Waals surface area contributed by atoms with Crippen LogP contribution in [0.3, 0.4) is 0 Å². The van der Waals surface area contributed by atoms with E-state index in [0.29, 0.717) is 24.5 Å². The normalized spacial score (nSPS) is 25.2. The molecule has 2 aliphatic rings. The van der Waals surface area contributed by atoms with Crippen LogP contribution in [0.5, 0.6) is 0 Å². The predicted molar refractivity (Wildman–Crippen MR) is 96.6 cm³/mol. The molecule has 3 rings (SSSR count). The summed E-state index contributed by atoms with van der Waals surface area (Å²) in [6.07, 6.45) is 1.93. The van der Waals surface area contributed by atoms with Crippen LogP contribution >= 0.6 is 0 Å². The summed E-state index contributed by atoms with van der Waals surface area (Å²) >= 11 is 0. The zero-order chi connectivity index (χ0) is 19.5. The molecule has 1 aliphatic heterocycles. The third-order valence-electron chi connectivity index (χ3n) is 5.48. The van der Waals surface area contributed by atoms with Gasteiger partial charge in [-0.15, -0.1) is 0 Å². The van der Waals surface area contributed by atoms with Crippen LogP contribution < -0.4 is 0 Å². The van der Waals surface area contributed by atoms with Crippen molar-refractivity contribution < 1.29 is 26.3 Å². The van der Waals surface area contributed by atoms with E-state index >= 15 is 0 Å². The van der Waals surface area contributed by atoms with E-state index in [1.54, 1.807) is 6.07 Å². The molecule has 1 saturated carbocycles. The lowest BCUT2D eigenvalue weighted by atomic mass is 9.85. The monoisotopic (exact) mass is 405 g/mol. The lowest BCUT2D eigenvalue weighted by Crippen LogP contribution is -2.42. The molecule has 0 amide bonds. The molecular formula is C19H26F3NO3S. The number of hydrogen-bond acceptors (Lipinski definition) is 3. The Morgan fingerprint density at radius 1 is 1.15 bits per heavy atom. The zero-order valence-electron chi connectivity index (χ0n) is 15.2. The minimum atomic E-state index is -4.45. The van der Waals surface area contributed by atoms with Gasteiger partial charge in [0.25, 0.3) is 0 Å². The molecule has 0 bridgehead atoms. The number of nitrogens with zero attached hydrogens (tertiary/aromatic N) is 1. The number of alkyl halides is 3. The average molecular weight is 405 g/mol. The van der Waals surface area contributed by atoms with E-state index in [1.165, 1.54) is 16.8 Å². The minimum absolute atomic E-state index is 0.0486. The number of hydrogen-bond donors (Lipinski definition) is 0. The van der Waals surface area contributed by atoms with Crippen molar-refractivity contribution in [1.82, 2.24) is 4.31 Å². The largest absolute Gasteiger partial charge is 0.416 e. The van der Waals surface area contributed by atoms with Crippen molar-refractivity contribution in [3.8, 4) is 0 Å². The Morgan fingerprint density at radius 2 is 1.89 bits per heavy atom. The SMILES string of the molecule is O=S1(=O)CCOC[C@H](CC2CCCCC2)N1Cc1cccc(C(F)(F)F)c1. The molecule has 0 radical (unpaired) electrons. The molecule has 2 fully saturated rings. The standard InChI is InChI=1S/C19H26F3NO3S/c20-19(21,22)17-8-4-7-16(11-17)13-23-18(12-15-5-2-1-3-6-15)14-26-9-10-27(23,24)25/h4,7-8,11,15,18H,1-3,5-6,9-10,12-14H2/t18-/m0/s1. The van der Waals surface area contributed by atoms with E-state index in [4.69, 9.17) is 4.74 Å². The van der Waals surface area contributed by atoms with Crippen LogP contribution in [0.1, 0.15) is 49.7 Å².